The van der Waals surface area contributed by atoms with E-state index in [1.54, 1.807) is 31.1 Å². The molecule has 2 rings (SSSR count). The lowest BCUT2D eigenvalue weighted by molar-refractivity contribution is 0.0827. The molecular formula is C19H23N3O2S. The van der Waals surface area contributed by atoms with E-state index in [1.807, 2.05) is 43.3 Å². The van der Waals surface area contributed by atoms with Crippen LogP contribution in [0.1, 0.15) is 22.8 Å². The van der Waals surface area contributed by atoms with E-state index < -0.39 is 0 Å². The predicted octanol–water partition coefficient (Wildman–Crippen LogP) is 3.27. The number of ether oxygens (including phenoxy) is 1. The van der Waals surface area contributed by atoms with Crippen molar-refractivity contribution in [1.82, 2.24) is 10.2 Å². The van der Waals surface area contributed by atoms with E-state index in [-0.39, 0.29) is 5.91 Å². The quantitative estimate of drug-likeness (QED) is 0.777. The summed E-state index contributed by atoms with van der Waals surface area (Å²) in [7, 11) is 3.46. The van der Waals surface area contributed by atoms with Crippen LogP contribution in [0, 0.1) is 0 Å². The van der Waals surface area contributed by atoms with Crippen molar-refractivity contribution in [1.29, 1.82) is 0 Å². The van der Waals surface area contributed by atoms with Crippen molar-refractivity contribution in [3.8, 4) is 5.75 Å². The fourth-order valence-corrected chi connectivity index (χ4v) is 2.37. The number of thiocarbonyl (C=S) groups is 1. The van der Waals surface area contributed by atoms with Gasteiger partial charge in [-0.1, -0.05) is 12.1 Å². The largest absolute Gasteiger partial charge is 0.494 e. The summed E-state index contributed by atoms with van der Waals surface area (Å²) >= 11 is 5.31. The molecule has 5 nitrogen and oxygen atoms in total. The Morgan fingerprint density at radius 1 is 1.08 bits per heavy atom. The van der Waals surface area contributed by atoms with Crippen LogP contribution >= 0.6 is 12.2 Å². The number of benzene rings is 2. The van der Waals surface area contributed by atoms with Gasteiger partial charge in [-0.15, -0.1) is 0 Å². The molecule has 0 atom stereocenters. The summed E-state index contributed by atoms with van der Waals surface area (Å²) in [5.41, 5.74) is 2.59. The zero-order valence-corrected chi connectivity index (χ0v) is 15.5. The highest BCUT2D eigenvalue weighted by molar-refractivity contribution is 7.80. The van der Waals surface area contributed by atoms with Crippen LogP contribution in [0.2, 0.25) is 0 Å². The molecule has 0 fully saturated rings. The van der Waals surface area contributed by atoms with E-state index in [2.05, 4.69) is 10.6 Å². The maximum atomic E-state index is 11.9. The highest BCUT2D eigenvalue weighted by atomic mass is 32.1. The molecule has 0 radical (unpaired) electrons. The van der Waals surface area contributed by atoms with Gasteiger partial charge in [0.15, 0.2) is 5.11 Å². The van der Waals surface area contributed by atoms with Crippen molar-refractivity contribution in [2.45, 2.75) is 13.5 Å². The molecule has 0 spiro atoms. The molecule has 0 saturated carbocycles. The molecule has 0 aliphatic carbocycles. The highest BCUT2D eigenvalue weighted by Gasteiger charge is 2.07. The lowest BCUT2D eigenvalue weighted by Gasteiger charge is -2.13. The Bertz CT molecular complexity index is 712. The van der Waals surface area contributed by atoms with Gasteiger partial charge < -0.3 is 20.3 Å². The fraction of sp³-hybridized carbons (Fsp3) is 0.263. The van der Waals surface area contributed by atoms with Gasteiger partial charge in [0.05, 0.1) is 6.61 Å². The summed E-state index contributed by atoms with van der Waals surface area (Å²) in [5.74, 6) is 0.835. The number of nitrogens with zero attached hydrogens (tertiary/aromatic N) is 1. The first kappa shape index (κ1) is 18.7. The summed E-state index contributed by atoms with van der Waals surface area (Å²) in [5, 5.41) is 6.80. The van der Waals surface area contributed by atoms with Gasteiger partial charge in [0.1, 0.15) is 5.75 Å². The maximum Gasteiger partial charge on any atom is 0.253 e. The Hall–Kier alpha value is -2.60. The van der Waals surface area contributed by atoms with E-state index in [4.69, 9.17) is 17.0 Å². The van der Waals surface area contributed by atoms with E-state index in [0.717, 1.165) is 17.0 Å². The zero-order valence-electron chi connectivity index (χ0n) is 14.7. The van der Waals surface area contributed by atoms with Crippen LogP contribution in [0.4, 0.5) is 5.69 Å². The lowest BCUT2D eigenvalue weighted by atomic mass is 10.2. The first-order valence-corrected chi connectivity index (χ1v) is 8.48. The van der Waals surface area contributed by atoms with Gasteiger partial charge in [-0.2, -0.15) is 0 Å². The molecule has 132 valence electrons. The maximum absolute atomic E-state index is 11.9. The number of rotatable bonds is 6. The minimum absolute atomic E-state index is 0.0252. The zero-order chi connectivity index (χ0) is 18.2. The van der Waals surface area contributed by atoms with E-state index in [0.29, 0.717) is 23.8 Å². The minimum atomic E-state index is -0.0252. The average Bonchev–Trinajstić information content (AvgIpc) is 2.61. The summed E-state index contributed by atoms with van der Waals surface area (Å²) in [6.45, 7) is 3.24. The Morgan fingerprint density at radius 2 is 1.72 bits per heavy atom. The molecule has 0 heterocycles. The molecule has 0 aromatic heterocycles. The number of anilines is 1. The number of hydrogen-bond acceptors (Lipinski definition) is 3. The molecule has 0 aliphatic rings. The number of carbonyl (C=O) groups excluding carboxylic acids is 1. The highest BCUT2D eigenvalue weighted by Crippen LogP contribution is 2.13. The van der Waals surface area contributed by atoms with Crippen LogP contribution in [-0.2, 0) is 6.54 Å². The normalized spacial score (nSPS) is 10.0. The van der Waals surface area contributed by atoms with Gasteiger partial charge in [0.25, 0.3) is 5.91 Å². The summed E-state index contributed by atoms with van der Waals surface area (Å²) in [4.78, 5) is 13.4. The van der Waals surface area contributed by atoms with Crippen LogP contribution in [0.5, 0.6) is 5.75 Å². The Morgan fingerprint density at radius 3 is 2.28 bits per heavy atom. The molecule has 1 amide bonds. The molecule has 2 aromatic rings. The smallest absolute Gasteiger partial charge is 0.253 e. The number of carbonyl (C=O) groups is 1. The third-order valence-corrected chi connectivity index (χ3v) is 3.73. The van der Waals surface area contributed by atoms with E-state index in [1.165, 1.54) is 0 Å². The third-order valence-electron chi connectivity index (χ3n) is 3.48. The van der Waals surface area contributed by atoms with Crippen LogP contribution < -0.4 is 15.4 Å². The summed E-state index contributed by atoms with van der Waals surface area (Å²) in [6.07, 6.45) is 0. The van der Waals surface area contributed by atoms with Crippen molar-refractivity contribution in [3.05, 3.63) is 59.7 Å². The number of nitrogens with one attached hydrogen (secondary N) is 2. The monoisotopic (exact) mass is 357 g/mol. The second kappa shape index (κ2) is 9.03. The van der Waals surface area contributed by atoms with Crippen molar-refractivity contribution < 1.29 is 9.53 Å². The number of hydrogen-bond donors (Lipinski definition) is 2. The molecule has 6 heteroatoms. The summed E-state index contributed by atoms with van der Waals surface area (Å²) in [6, 6.07) is 15.1. The van der Waals surface area contributed by atoms with Crippen LogP contribution in [0.25, 0.3) is 0 Å². The first-order chi connectivity index (χ1) is 12.0. The predicted molar refractivity (Wildman–Crippen MR) is 105 cm³/mol. The van der Waals surface area contributed by atoms with Gasteiger partial charge in [-0.25, -0.2) is 0 Å². The molecule has 0 saturated heterocycles. The molecule has 0 bridgehead atoms. The number of amides is 1. The van der Waals surface area contributed by atoms with Gasteiger partial charge in [0, 0.05) is 31.9 Å². The van der Waals surface area contributed by atoms with Crippen LogP contribution in [0.3, 0.4) is 0 Å². The lowest BCUT2D eigenvalue weighted by Crippen LogP contribution is -2.28. The molecule has 2 N–H and O–H groups in total. The van der Waals surface area contributed by atoms with Crippen molar-refractivity contribution >= 4 is 28.9 Å². The Balaban J connectivity index is 1.84. The Kier molecular flexibility index (Phi) is 6.77. The van der Waals surface area contributed by atoms with Gasteiger partial charge in [-0.3, -0.25) is 4.79 Å². The van der Waals surface area contributed by atoms with Gasteiger partial charge >= 0.3 is 0 Å². The SMILES string of the molecule is CCOc1ccc(CNC(=S)Nc2ccc(C(=O)N(C)C)cc2)cc1. The molecular weight excluding hydrogens is 334 g/mol. The third kappa shape index (κ3) is 5.76. The van der Waals surface area contributed by atoms with E-state index in [9.17, 15) is 4.79 Å². The van der Waals surface area contributed by atoms with E-state index >= 15 is 0 Å². The fourth-order valence-electron chi connectivity index (χ4n) is 2.18. The van der Waals surface area contributed by atoms with Gasteiger partial charge in [-0.05, 0) is 61.1 Å². The molecule has 2 aromatic carbocycles. The Labute approximate surface area is 154 Å². The van der Waals surface area contributed by atoms with Crippen LogP contribution in [-0.4, -0.2) is 36.6 Å². The topological polar surface area (TPSA) is 53.6 Å². The van der Waals surface area contributed by atoms with Crippen molar-refractivity contribution in [2.24, 2.45) is 0 Å². The molecule has 0 aliphatic heterocycles. The average molecular weight is 357 g/mol. The molecule has 25 heavy (non-hydrogen) atoms. The first-order valence-electron chi connectivity index (χ1n) is 8.08. The standard InChI is InChI=1S/C19H23N3O2S/c1-4-24-17-11-5-14(6-12-17)13-20-19(25)21-16-9-7-15(8-10-16)18(23)22(2)3/h5-12H,4,13H2,1-3H3,(H2,20,21,25). The van der Waals surface area contributed by atoms with Crippen LogP contribution in [0.15, 0.2) is 48.5 Å². The second-order valence-corrected chi connectivity index (χ2v) is 6.07. The minimum Gasteiger partial charge on any atom is -0.494 e. The van der Waals surface area contributed by atoms with Crippen molar-refractivity contribution in [3.63, 3.8) is 0 Å². The van der Waals surface area contributed by atoms with Gasteiger partial charge in [0.2, 0.25) is 0 Å². The van der Waals surface area contributed by atoms with Crippen molar-refractivity contribution in [2.75, 3.05) is 26.0 Å². The second-order valence-electron chi connectivity index (χ2n) is 5.66. The summed E-state index contributed by atoms with van der Waals surface area (Å²) < 4.78 is 5.42. The molecule has 0 unspecified atom stereocenters.